The van der Waals surface area contributed by atoms with Gasteiger partial charge in [0.25, 0.3) is 5.56 Å². The zero-order valence-electron chi connectivity index (χ0n) is 21.1. The molecule has 4 aromatic heterocycles. The van der Waals surface area contributed by atoms with Crippen molar-refractivity contribution in [2.45, 2.75) is 13.0 Å². The molecule has 8 nitrogen and oxygen atoms in total. The van der Waals surface area contributed by atoms with E-state index >= 15 is 0 Å². The Morgan fingerprint density at radius 3 is 2.63 bits per heavy atom. The lowest BCUT2D eigenvalue weighted by molar-refractivity contribution is 0.390. The molecular weight excluding hydrogens is 478 g/mol. The Labute approximate surface area is 218 Å². The molecule has 0 unspecified atom stereocenters. The molecule has 190 valence electrons. The quantitative estimate of drug-likeness (QED) is 0.301. The Morgan fingerprint density at radius 2 is 1.84 bits per heavy atom. The standard InChI is InChI=1S/C30H27N5O3/c1-37-24-10-7-20(28(14-24)38-2)16-34-18-23(12-19-5-8-22(31)9-6-19)35-17-21(13-27(35)30(34)36)26-15-33-29-25(26)4-3-11-32-29/h3-11,13-15,17-18H,12,16,31H2,1-2H3,(H,32,33). The fraction of sp³-hybridized carbons (Fsp3) is 0.133. The van der Waals surface area contributed by atoms with Crippen LogP contribution in [0.2, 0.25) is 0 Å². The third-order valence-corrected chi connectivity index (χ3v) is 6.88. The Hall–Kier alpha value is -4.98. The highest BCUT2D eigenvalue weighted by molar-refractivity contribution is 5.94. The monoisotopic (exact) mass is 505 g/mol. The van der Waals surface area contributed by atoms with Gasteiger partial charge in [-0.1, -0.05) is 12.1 Å². The van der Waals surface area contributed by atoms with Crippen LogP contribution in [0.3, 0.4) is 0 Å². The highest BCUT2D eigenvalue weighted by atomic mass is 16.5. The van der Waals surface area contributed by atoms with Crippen LogP contribution in [0.15, 0.2) is 90.2 Å². The molecule has 0 spiro atoms. The summed E-state index contributed by atoms with van der Waals surface area (Å²) in [7, 11) is 3.23. The van der Waals surface area contributed by atoms with Crippen LogP contribution in [0.1, 0.15) is 16.8 Å². The van der Waals surface area contributed by atoms with Crippen molar-refractivity contribution in [3.63, 3.8) is 0 Å². The molecule has 3 N–H and O–H groups in total. The maximum Gasteiger partial charge on any atom is 0.275 e. The number of aromatic amines is 1. The topological polar surface area (TPSA) is 99.6 Å². The maximum atomic E-state index is 13.8. The zero-order valence-corrected chi connectivity index (χ0v) is 21.1. The first-order valence-corrected chi connectivity index (χ1v) is 12.3. The Bertz CT molecular complexity index is 1830. The molecule has 8 heteroatoms. The second-order valence-corrected chi connectivity index (χ2v) is 9.24. The lowest BCUT2D eigenvalue weighted by atomic mass is 10.1. The van der Waals surface area contributed by atoms with E-state index in [1.807, 2.05) is 83.7 Å². The molecule has 6 aromatic rings. The molecule has 0 radical (unpaired) electrons. The SMILES string of the molecule is COc1ccc(Cn2cc(Cc3ccc(N)cc3)n3cc(-c4c[nH]c5ncccc45)cc3c2=O)c(OC)c1. The third-order valence-electron chi connectivity index (χ3n) is 6.88. The van der Waals surface area contributed by atoms with Crippen molar-refractivity contribution in [1.29, 1.82) is 0 Å². The van der Waals surface area contributed by atoms with E-state index in [0.29, 0.717) is 35.7 Å². The Kier molecular flexibility index (Phi) is 5.84. The summed E-state index contributed by atoms with van der Waals surface area (Å²) >= 11 is 0. The molecule has 2 aromatic carbocycles. The second-order valence-electron chi connectivity index (χ2n) is 9.24. The van der Waals surface area contributed by atoms with Gasteiger partial charge in [-0.2, -0.15) is 0 Å². The average Bonchev–Trinajstić information content (AvgIpc) is 3.58. The Balaban J connectivity index is 1.51. The lowest BCUT2D eigenvalue weighted by Crippen LogP contribution is -2.24. The zero-order chi connectivity index (χ0) is 26.2. The molecule has 0 bridgehead atoms. The summed E-state index contributed by atoms with van der Waals surface area (Å²) in [5, 5.41) is 1.01. The molecule has 0 fully saturated rings. The number of nitrogens with one attached hydrogen (secondary N) is 1. The third kappa shape index (κ3) is 4.16. The van der Waals surface area contributed by atoms with Gasteiger partial charge in [-0.05, 0) is 48.0 Å². The number of methoxy groups -OCH3 is 2. The van der Waals surface area contributed by atoms with E-state index in [1.165, 1.54) is 0 Å². The van der Waals surface area contributed by atoms with E-state index in [4.69, 9.17) is 15.2 Å². The van der Waals surface area contributed by atoms with Gasteiger partial charge in [0.1, 0.15) is 22.7 Å². The van der Waals surface area contributed by atoms with Crippen molar-refractivity contribution in [2.24, 2.45) is 0 Å². The van der Waals surface area contributed by atoms with E-state index < -0.39 is 0 Å². The lowest BCUT2D eigenvalue weighted by Gasteiger charge is -2.15. The van der Waals surface area contributed by atoms with Gasteiger partial charge in [0, 0.05) is 70.7 Å². The number of nitrogens with two attached hydrogens (primary N) is 1. The number of fused-ring (bicyclic) bond motifs is 2. The number of hydrogen-bond donors (Lipinski definition) is 2. The first-order valence-electron chi connectivity index (χ1n) is 12.3. The van der Waals surface area contributed by atoms with Crippen LogP contribution in [0.25, 0.3) is 27.7 Å². The summed E-state index contributed by atoms with van der Waals surface area (Å²) in [6.45, 7) is 0.356. The number of nitrogens with zero attached hydrogens (tertiary/aromatic N) is 3. The van der Waals surface area contributed by atoms with Crippen LogP contribution >= 0.6 is 0 Å². The molecular formula is C30H27N5O3. The maximum absolute atomic E-state index is 13.8. The van der Waals surface area contributed by atoms with E-state index in [1.54, 1.807) is 25.0 Å². The number of aromatic nitrogens is 4. The predicted octanol–water partition coefficient (Wildman–Crippen LogP) is 4.88. The smallest absolute Gasteiger partial charge is 0.275 e. The summed E-state index contributed by atoms with van der Waals surface area (Å²) in [6, 6.07) is 19.3. The van der Waals surface area contributed by atoms with Crippen LogP contribution in [0.5, 0.6) is 11.5 Å². The normalized spacial score (nSPS) is 11.3. The summed E-state index contributed by atoms with van der Waals surface area (Å²) in [5.41, 5.74) is 12.8. The van der Waals surface area contributed by atoms with Gasteiger partial charge < -0.3 is 29.2 Å². The molecule has 38 heavy (non-hydrogen) atoms. The van der Waals surface area contributed by atoms with E-state index in [2.05, 4.69) is 9.97 Å². The fourth-order valence-electron chi connectivity index (χ4n) is 4.91. The molecule has 0 aliphatic heterocycles. The number of ether oxygens (including phenoxy) is 2. The van der Waals surface area contributed by atoms with Gasteiger partial charge in [0.05, 0.1) is 20.8 Å². The summed E-state index contributed by atoms with van der Waals surface area (Å²) in [6.07, 6.45) is 8.27. The van der Waals surface area contributed by atoms with Gasteiger partial charge in [-0.15, -0.1) is 0 Å². The molecule has 0 aliphatic rings. The van der Waals surface area contributed by atoms with Crippen molar-refractivity contribution in [3.8, 4) is 22.6 Å². The van der Waals surface area contributed by atoms with Crippen molar-refractivity contribution < 1.29 is 9.47 Å². The number of nitrogen functional groups attached to an aromatic ring is 1. The molecule has 0 saturated heterocycles. The summed E-state index contributed by atoms with van der Waals surface area (Å²) < 4.78 is 14.7. The molecule has 0 atom stereocenters. The number of hydrogen-bond acceptors (Lipinski definition) is 5. The highest BCUT2D eigenvalue weighted by Crippen LogP contribution is 2.30. The van der Waals surface area contributed by atoms with Crippen LogP contribution < -0.4 is 20.8 Å². The molecule has 0 amide bonds. The number of rotatable bonds is 7. The first-order chi connectivity index (χ1) is 18.5. The van der Waals surface area contributed by atoms with E-state index in [9.17, 15) is 4.79 Å². The molecule has 0 aliphatic carbocycles. The van der Waals surface area contributed by atoms with Crippen LogP contribution in [0.4, 0.5) is 5.69 Å². The summed E-state index contributed by atoms with van der Waals surface area (Å²) in [5.74, 6) is 1.36. The molecule has 4 heterocycles. The van der Waals surface area contributed by atoms with Gasteiger partial charge in [0.15, 0.2) is 0 Å². The Morgan fingerprint density at radius 1 is 1.00 bits per heavy atom. The van der Waals surface area contributed by atoms with Gasteiger partial charge in [-0.25, -0.2) is 4.98 Å². The van der Waals surface area contributed by atoms with Gasteiger partial charge >= 0.3 is 0 Å². The fourth-order valence-corrected chi connectivity index (χ4v) is 4.91. The minimum absolute atomic E-state index is 0.0897. The van der Waals surface area contributed by atoms with Crippen molar-refractivity contribution in [1.82, 2.24) is 18.9 Å². The minimum Gasteiger partial charge on any atom is -0.497 e. The largest absolute Gasteiger partial charge is 0.497 e. The molecule has 6 rings (SSSR count). The van der Waals surface area contributed by atoms with Crippen LogP contribution in [-0.4, -0.2) is 33.2 Å². The van der Waals surface area contributed by atoms with Crippen molar-refractivity contribution in [3.05, 3.63) is 113 Å². The summed E-state index contributed by atoms with van der Waals surface area (Å²) in [4.78, 5) is 21.4. The number of pyridine rings is 1. The van der Waals surface area contributed by atoms with E-state index in [-0.39, 0.29) is 5.56 Å². The molecule has 0 saturated carbocycles. The van der Waals surface area contributed by atoms with Crippen LogP contribution in [0, 0.1) is 0 Å². The highest BCUT2D eigenvalue weighted by Gasteiger charge is 2.16. The van der Waals surface area contributed by atoms with E-state index in [0.717, 1.165) is 39.0 Å². The van der Waals surface area contributed by atoms with Crippen molar-refractivity contribution in [2.75, 3.05) is 20.0 Å². The average molecular weight is 506 g/mol. The number of benzene rings is 2. The number of anilines is 1. The van der Waals surface area contributed by atoms with Gasteiger partial charge in [-0.3, -0.25) is 4.79 Å². The van der Waals surface area contributed by atoms with Crippen LogP contribution in [-0.2, 0) is 13.0 Å². The predicted molar refractivity (Wildman–Crippen MR) is 149 cm³/mol. The first kappa shape index (κ1) is 23.4. The van der Waals surface area contributed by atoms with Crippen molar-refractivity contribution >= 4 is 22.2 Å². The minimum atomic E-state index is -0.0897. The van der Waals surface area contributed by atoms with Gasteiger partial charge in [0.2, 0.25) is 0 Å². The second kappa shape index (κ2) is 9.48. The number of H-pyrrole nitrogens is 1.